The molecule has 0 saturated heterocycles. The van der Waals surface area contributed by atoms with Gasteiger partial charge >= 0.3 is 5.97 Å². The van der Waals surface area contributed by atoms with Gasteiger partial charge in [0.1, 0.15) is 0 Å². The molecular formula is C10H17NO4. The van der Waals surface area contributed by atoms with Crippen molar-refractivity contribution < 1.29 is 19.8 Å². The highest BCUT2D eigenvalue weighted by atomic mass is 16.4. The molecule has 2 atom stereocenters. The number of aliphatic carboxylic acids is 1. The van der Waals surface area contributed by atoms with Gasteiger partial charge in [0, 0.05) is 18.9 Å². The largest absolute Gasteiger partial charge is 0.479 e. The zero-order chi connectivity index (χ0) is 11.4. The standard InChI is InChI=1S/C10H17NO4/c1-6(7-2-3-7)9(13)11-5-4-8(12)10(14)15/h6-8,12H,2-5H2,1H3,(H,11,13)(H,14,15). The summed E-state index contributed by atoms with van der Waals surface area (Å²) in [5.74, 6) is -0.795. The molecule has 0 radical (unpaired) electrons. The van der Waals surface area contributed by atoms with Crippen LogP contribution in [-0.2, 0) is 9.59 Å². The molecule has 0 heterocycles. The monoisotopic (exact) mass is 215 g/mol. The van der Waals surface area contributed by atoms with E-state index in [1.165, 1.54) is 0 Å². The molecule has 0 aromatic carbocycles. The van der Waals surface area contributed by atoms with Crippen LogP contribution in [0.5, 0.6) is 0 Å². The molecular weight excluding hydrogens is 198 g/mol. The first-order valence-electron chi connectivity index (χ1n) is 5.21. The molecule has 0 aromatic rings. The maximum absolute atomic E-state index is 11.4. The third-order valence-corrected chi connectivity index (χ3v) is 2.74. The van der Waals surface area contributed by atoms with Crippen molar-refractivity contribution in [2.24, 2.45) is 11.8 Å². The van der Waals surface area contributed by atoms with Crippen LogP contribution in [0.2, 0.25) is 0 Å². The van der Waals surface area contributed by atoms with Crippen molar-refractivity contribution in [3.05, 3.63) is 0 Å². The molecule has 1 saturated carbocycles. The van der Waals surface area contributed by atoms with Crippen molar-refractivity contribution >= 4 is 11.9 Å². The number of aliphatic hydroxyl groups excluding tert-OH is 1. The van der Waals surface area contributed by atoms with Gasteiger partial charge in [-0.3, -0.25) is 4.79 Å². The summed E-state index contributed by atoms with van der Waals surface area (Å²) in [7, 11) is 0. The quantitative estimate of drug-likeness (QED) is 0.581. The van der Waals surface area contributed by atoms with E-state index in [4.69, 9.17) is 10.2 Å². The summed E-state index contributed by atoms with van der Waals surface area (Å²) in [5, 5.41) is 20.0. The predicted molar refractivity (Wildman–Crippen MR) is 53.2 cm³/mol. The Labute approximate surface area is 88.5 Å². The van der Waals surface area contributed by atoms with Crippen LogP contribution >= 0.6 is 0 Å². The smallest absolute Gasteiger partial charge is 0.332 e. The third-order valence-electron chi connectivity index (χ3n) is 2.74. The van der Waals surface area contributed by atoms with Crippen LogP contribution < -0.4 is 5.32 Å². The first-order chi connectivity index (χ1) is 7.02. The topological polar surface area (TPSA) is 86.6 Å². The molecule has 1 amide bonds. The van der Waals surface area contributed by atoms with Crippen LogP contribution in [0.3, 0.4) is 0 Å². The highest BCUT2D eigenvalue weighted by molar-refractivity contribution is 5.79. The molecule has 15 heavy (non-hydrogen) atoms. The zero-order valence-electron chi connectivity index (χ0n) is 8.77. The van der Waals surface area contributed by atoms with E-state index in [0.717, 1.165) is 12.8 Å². The molecule has 1 rings (SSSR count). The van der Waals surface area contributed by atoms with Crippen LogP contribution in [-0.4, -0.2) is 34.7 Å². The third kappa shape index (κ3) is 3.87. The van der Waals surface area contributed by atoms with E-state index in [0.29, 0.717) is 5.92 Å². The summed E-state index contributed by atoms with van der Waals surface area (Å²) < 4.78 is 0. The van der Waals surface area contributed by atoms with Crippen LogP contribution in [0.4, 0.5) is 0 Å². The summed E-state index contributed by atoms with van der Waals surface area (Å²) in [6.45, 7) is 2.09. The predicted octanol–water partition coefficient (Wildman–Crippen LogP) is -0.0157. The molecule has 2 unspecified atom stereocenters. The fourth-order valence-electron chi connectivity index (χ4n) is 1.43. The van der Waals surface area contributed by atoms with E-state index < -0.39 is 12.1 Å². The van der Waals surface area contributed by atoms with Crippen LogP contribution in [0.1, 0.15) is 26.2 Å². The summed E-state index contributed by atoms with van der Waals surface area (Å²) >= 11 is 0. The Bertz CT molecular complexity index is 250. The van der Waals surface area contributed by atoms with Gasteiger partial charge in [-0.15, -0.1) is 0 Å². The van der Waals surface area contributed by atoms with Crippen molar-refractivity contribution in [2.75, 3.05) is 6.54 Å². The minimum absolute atomic E-state index is 0.00645. The lowest BCUT2D eigenvalue weighted by Gasteiger charge is -2.11. The van der Waals surface area contributed by atoms with Gasteiger partial charge in [-0.2, -0.15) is 0 Å². The lowest BCUT2D eigenvalue weighted by atomic mass is 10.1. The second-order valence-corrected chi connectivity index (χ2v) is 4.06. The highest BCUT2D eigenvalue weighted by Crippen LogP contribution is 2.36. The number of aliphatic hydroxyl groups is 1. The number of nitrogens with one attached hydrogen (secondary N) is 1. The maximum atomic E-state index is 11.4. The normalized spacial score (nSPS) is 19.3. The van der Waals surface area contributed by atoms with Crippen molar-refractivity contribution in [1.82, 2.24) is 5.32 Å². The molecule has 0 bridgehead atoms. The number of hydrogen-bond donors (Lipinski definition) is 3. The van der Waals surface area contributed by atoms with E-state index in [1.54, 1.807) is 0 Å². The Balaban J connectivity index is 2.13. The second kappa shape index (κ2) is 5.11. The van der Waals surface area contributed by atoms with Crippen molar-refractivity contribution in [2.45, 2.75) is 32.3 Å². The van der Waals surface area contributed by atoms with Crippen LogP contribution in [0, 0.1) is 11.8 Å². The van der Waals surface area contributed by atoms with E-state index in [-0.39, 0.29) is 24.8 Å². The Morgan fingerprint density at radius 1 is 1.47 bits per heavy atom. The summed E-state index contributed by atoms with van der Waals surface area (Å²) in [6.07, 6.45) is 0.874. The van der Waals surface area contributed by atoms with E-state index in [9.17, 15) is 9.59 Å². The Hall–Kier alpha value is -1.10. The summed E-state index contributed by atoms with van der Waals surface area (Å²) in [6, 6.07) is 0. The van der Waals surface area contributed by atoms with Gasteiger partial charge in [0.05, 0.1) is 0 Å². The number of carboxylic acid groups (broad SMARTS) is 1. The molecule has 0 aliphatic heterocycles. The summed E-state index contributed by atoms with van der Waals surface area (Å²) in [4.78, 5) is 21.7. The molecule has 1 aliphatic carbocycles. The Morgan fingerprint density at radius 2 is 2.07 bits per heavy atom. The fourth-order valence-corrected chi connectivity index (χ4v) is 1.43. The molecule has 5 nitrogen and oxygen atoms in total. The zero-order valence-corrected chi connectivity index (χ0v) is 8.77. The summed E-state index contributed by atoms with van der Waals surface area (Å²) in [5.41, 5.74) is 0. The molecule has 3 N–H and O–H groups in total. The first-order valence-corrected chi connectivity index (χ1v) is 5.21. The highest BCUT2D eigenvalue weighted by Gasteiger charge is 2.32. The fraction of sp³-hybridized carbons (Fsp3) is 0.800. The van der Waals surface area contributed by atoms with Gasteiger partial charge in [0.15, 0.2) is 6.10 Å². The second-order valence-electron chi connectivity index (χ2n) is 4.06. The molecule has 0 aromatic heterocycles. The van der Waals surface area contributed by atoms with Gasteiger partial charge in [0.2, 0.25) is 5.91 Å². The molecule has 0 spiro atoms. The van der Waals surface area contributed by atoms with Crippen LogP contribution in [0.25, 0.3) is 0 Å². The Morgan fingerprint density at radius 3 is 2.53 bits per heavy atom. The van der Waals surface area contributed by atoms with Crippen molar-refractivity contribution in [1.29, 1.82) is 0 Å². The number of hydrogen-bond acceptors (Lipinski definition) is 3. The number of rotatable bonds is 6. The minimum Gasteiger partial charge on any atom is -0.479 e. The number of carbonyl (C=O) groups is 2. The van der Waals surface area contributed by atoms with Crippen molar-refractivity contribution in [3.63, 3.8) is 0 Å². The molecule has 5 heteroatoms. The average molecular weight is 215 g/mol. The molecule has 86 valence electrons. The lowest BCUT2D eigenvalue weighted by Crippen LogP contribution is -2.34. The SMILES string of the molecule is CC(C(=O)NCCC(O)C(=O)O)C1CC1. The van der Waals surface area contributed by atoms with Gasteiger partial charge in [-0.05, 0) is 18.8 Å². The van der Waals surface area contributed by atoms with Gasteiger partial charge in [-0.1, -0.05) is 6.92 Å². The maximum Gasteiger partial charge on any atom is 0.332 e. The minimum atomic E-state index is -1.39. The Kier molecular flexibility index (Phi) is 4.08. The van der Waals surface area contributed by atoms with E-state index in [1.807, 2.05) is 6.92 Å². The van der Waals surface area contributed by atoms with E-state index in [2.05, 4.69) is 5.32 Å². The van der Waals surface area contributed by atoms with Crippen molar-refractivity contribution in [3.8, 4) is 0 Å². The molecule has 1 fully saturated rings. The number of carboxylic acids is 1. The van der Waals surface area contributed by atoms with Gasteiger partial charge in [0.25, 0.3) is 0 Å². The number of carbonyl (C=O) groups excluding carboxylic acids is 1. The lowest BCUT2D eigenvalue weighted by molar-refractivity contribution is -0.147. The van der Waals surface area contributed by atoms with Gasteiger partial charge in [-0.25, -0.2) is 4.79 Å². The average Bonchev–Trinajstić information content (AvgIpc) is 2.99. The first kappa shape index (κ1) is 12.0. The number of amides is 1. The molecule has 1 aliphatic rings. The van der Waals surface area contributed by atoms with E-state index >= 15 is 0 Å². The van der Waals surface area contributed by atoms with Gasteiger partial charge < -0.3 is 15.5 Å². The van der Waals surface area contributed by atoms with Crippen LogP contribution in [0.15, 0.2) is 0 Å².